The summed E-state index contributed by atoms with van der Waals surface area (Å²) in [5.74, 6) is 0.638. The number of nitrogens with two attached hydrogens (primary N) is 1. The molecule has 4 heteroatoms. The largest absolute Gasteiger partial charge is 0.368 e. The van der Waals surface area contributed by atoms with E-state index in [0.29, 0.717) is 12.1 Å². The lowest BCUT2D eigenvalue weighted by Gasteiger charge is -2.34. The maximum atomic E-state index is 11.8. The van der Waals surface area contributed by atoms with E-state index in [2.05, 4.69) is 24.1 Å². The third-order valence-electron chi connectivity index (χ3n) is 4.99. The fraction of sp³-hybridized carbons (Fsp3) is 0.938. The molecule has 2 rings (SSSR count). The highest BCUT2D eigenvalue weighted by molar-refractivity contribution is 5.84. The van der Waals surface area contributed by atoms with Gasteiger partial charge in [-0.05, 0) is 58.4 Å². The second kappa shape index (κ2) is 6.44. The molecule has 2 aliphatic rings. The van der Waals surface area contributed by atoms with Gasteiger partial charge in [-0.15, -0.1) is 0 Å². The fourth-order valence-corrected chi connectivity index (χ4v) is 3.54. The van der Waals surface area contributed by atoms with Gasteiger partial charge in [0.05, 0.1) is 5.54 Å². The summed E-state index contributed by atoms with van der Waals surface area (Å²) in [6.07, 6.45) is 7.09. The first-order valence-electron chi connectivity index (χ1n) is 8.26. The first-order valence-corrected chi connectivity index (χ1v) is 8.26. The molecule has 0 aromatic heterocycles. The highest BCUT2D eigenvalue weighted by atomic mass is 16.1. The average Bonchev–Trinajstić information content (AvgIpc) is 3.05. The van der Waals surface area contributed by atoms with Crippen LogP contribution < -0.4 is 11.1 Å². The van der Waals surface area contributed by atoms with E-state index in [-0.39, 0.29) is 5.91 Å². The third kappa shape index (κ3) is 3.95. The Morgan fingerprint density at radius 2 is 2.15 bits per heavy atom. The maximum Gasteiger partial charge on any atom is 0.237 e. The number of hydrogen-bond acceptors (Lipinski definition) is 3. The lowest BCUT2D eigenvalue weighted by atomic mass is 9.92. The molecule has 0 aromatic rings. The Morgan fingerprint density at radius 3 is 2.70 bits per heavy atom. The topological polar surface area (TPSA) is 58.4 Å². The summed E-state index contributed by atoms with van der Waals surface area (Å²) in [4.78, 5) is 14.4. The standard InChI is InChI=1S/C16H31N3O/c1-4-5-13-8-9-19(11-13)12(2)10-16(3,15(17)20)18-14-6-7-14/h12-14,18H,4-11H2,1-3H3,(H2,17,20). The smallest absolute Gasteiger partial charge is 0.237 e. The van der Waals surface area contributed by atoms with Crippen LogP contribution in [0.25, 0.3) is 0 Å². The van der Waals surface area contributed by atoms with Gasteiger partial charge < -0.3 is 16.0 Å². The van der Waals surface area contributed by atoms with Crippen molar-refractivity contribution in [2.45, 2.75) is 76.9 Å². The van der Waals surface area contributed by atoms with Crippen LogP contribution in [0.2, 0.25) is 0 Å². The molecule has 4 nitrogen and oxygen atoms in total. The molecule has 3 N–H and O–H groups in total. The van der Waals surface area contributed by atoms with Gasteiger partial charge in [0.1, 0.15) is 0 Å². The Hall–Kier alpha value is -0.610. The fourth-order valence-electron chi connectivity index (χ4n) is 3.54. The summed E-state index contributed by atoms with van der Waals surface area (Å²) < 4.78 is 0. The molecule has 0 aromatic carbocycles. The summed E-state index contributed by atoms with van der Waals surface area (Å²) in [7, 11) is 0. The van der Waals surface area contributed by atoms with Gasteiger partial charge in [0.15, 0.2) is 0 Å². The molecule has 0 bridgehead atoms. The highest BCUT2D eigenvalue weighted by Crippen LogP contribution is 2.28. The van der Waals surface area contributed by atoms with E-state index in [1.165, 1.54) is 45.2 Å². The van der Waals surface area contributed by atoms with Gasteiger partial charge in [0, 0.05) is 18.6 Å². The van der Waals surface area contributed by atoms with Crippen molar-refractivity contribution in [3.05, 3.63) is 0 Å². The maximum absolute atomic E-state index is 11.8. The van der Waals surface area contributed by atoms with Crippen LogP contribution in [0.3, 0.4) is 0 Å². The number of nitrogens with zero attached hydrogens (tertiary/aromatic N) is 1. The summed E-state index contributed by atoms with van der Waals surface area (Å²) in [5.41, 5.74) is 5.10. The Labute approximate surface area is 123 Å². The molecule has 1 saturated carbocycles. The monoisotopic (exact) mass is 281 g/mol. The normalized spacial score (nSPS) is 28.2. The van der Waals surface area contributed by atoms with Crippen molar-refractivity contribution < 1.29 is 4.79 Å². The predicted molar refractivity (Wildman–Crippen MR) is 82.4 cm³/mol. The second-order valence-electron chi connectivity index (χ2n) is 7.11. The van der Waals surface area contributed by atoms with Gasteiger partial charge in [-0.2, -0.15) is 0 Å². The molecule has 3 unspecified atom stereocenters. The van der Waals surface area contributed by atoms with Crippen LogP contribution in [-0.4, -0.2) is 41.5 Å². The summed E-state index contributed by atoms with van der Waals surface area (Å²) in [5, 5.41) is 3.46. The summed E-state index contributed by atoms with van der Waals surface area (Å²) in [6.45, 7) is 8.83. The van der Waals surface area contributed by atoms with Gasteiger partial charge in [-0.1, -0.05) is 13.3 Å². The van der Waals surface area contributed by atoms with E-state index in [4.69, 9.17) is 5.73 Å². The van der Waals surface area contributed by atoms with E-state index in [0.717, 1.165) is 12.3 Å². The van der Waals surface area contributed by atoms with Gasteiger partial charge in [-0.3, -0.25) is 4.79 Å². The van der Waals surface area contributed by atoms with E-state index in [1.807, 2.05) is 6.92 Å². The number of nitrogens with one attached hydrogen (secondary N) is 1. The average molecular weight is 281 g/mol. The minimum Gasteiger partial charge on any atom is -0.368 e. The first kappa shape index (κ1) is 15.8. The molecule has 1 saturated heterocycles. The molecule has 1 aliphatic heterocycles. The third-order valence-corrected chi connectivity index (χ3v) is 4.99. The number of hydrogen-bond donors (Lipinski definition) is 2. The van der Waals surface area contributed by atoms with Crippen molar-refractivity contribution >= 4 is 5.91 Å². The van der Waals surface area contributed by atoms with Gasteiger partial charge in [-0.25, -0.2) is 0 Å². The quantitative estimate of drug-likeness (QED) is 0.714. The van der Waals surface area contributed by atoms with Crippen molar-refractivity contribution in [3.63, 3.8) is 0 Å². The molecule has 116 valence electrons. The van der Waals surface area contributed by atoms with Gasteiger partial charge >= 0.3 is 0 Å². The van der Waals surface area contributed by atoms with Gasteiger partial charge in [0.2, 0.25) is 5.91 Å². The van der Waals surface area contributed by atoms with E-state index in [1.54, 1.807) is 0 Å². The molecule has 1 amide bonds. The van der Waals surface area contributed by atoms with E-state index >= 15 is 0 Å². The number of primary amides is 1. The van der Waals surface area contributed by atoms with Crippen LogP contribution in [0, 0.1) is 5.92 Å². The number of likely N-dealkylation sites (tertiary alicyclic amines) is 1. The van der Waals surface area contributed by atoms with E-state index < -0.39 is 5.54 Å². The van der Waals surface area contributed by atoms with Crippen molar-refractivity contribution in [3.8, 4) is 0 Å². The molecule has 0 radical (unpaired) electrons. The number of carbonyl (C=O) groups excluding carboxylic acids is 1. The minimum atomic E-state index is -0.552. The zero-order valence-electron chi connectivity index (χ0n) is 13.3. The Kier molecular flexibility index (Phi) is 5.08. The minimum absolute atomic E-state index is 0.208. The Balaban J connectivity index is 1.88. The van der Waals surface area contributed by atoms with Crippen molar-refractivity contribution in [1.29, 1.82) is 0 Å². The molecule has 2 fully saturated rings. The summed E-state index contributed by atoms with van der Waals surface area (Å²) in [6, 6.07) is 0.923. The number of rotatable bonds is 8. The zero-order chi connectivity index (χ0) is 14.8. The molecule has 3 atom stereocenters. The zero-order valence-corrected chi connectivity index (χ0v) is 13.3. The predicted octanol–water partition coefficient (Wildman–Crippen LogP) is 1.88. The van der Waals surface area contributed by atoms with Crippen molar-refractivity contribution in [2.75, 3.05) is 13.1 Å². The molecule has 20 heavy (non-hydrogen) atoms. The number of carbonyl (C=O) groups is 1. The summed E-state index contributed by atoms with van der Waals surface area (Å²) >= 11 is 0. The lowest BCUT2D eigenvalue weighted by molar-refractivity contribution is -0.124. The number of amides is 1. The van der Waals surface area contributed by atoms with Crippen LogP contribution in [-0.2, 0) is 4.79 Å². The SMILES string of the molecule is CCCC1CCN(C(C)CC(C)(NC2CC2)C(N)=O)C1. The van der Waals surface area contributed by atoms with Crippen LogP contribution in [0.4, 0.5) is 0 Å². The molecule has 1 heterocycles. The molecule has 1 aliphatic carbocycles. The Morgan fingerprint density at radius 1 is 1.45 bits per heavy atom. The molecular formula is C16H31N3O. The molecule has 0 spiro atoms. The van der Waals surface area contributed by atoms with E-state index in [9.17, 15) is 4.79 Å². The van der Waals surface area contributed by atoms with Crippen LogP contribution >= 0.6 is 0 Å². The first-order chi connectivity index (χ1) is 9.44. The van der Waals surface area contributed by atoms with Crippen molar-refractivity contribution in [2.24, 2.45) is 11.7 Å². The van der Waals surface area contributed by atoms with Crippen LogP contribution in [0.15, 0.2) is 0 Å². The molecular weight excluding hydrogens is 250 g/mol. The van der Waals surface area contributed by atoms with Gasteiger partial charge in [0.25, 0.3) is 0 Å². The lowest BCUT2D eigenvalue weighted by Crippen LogP contribution is -2.57. The van der Waals surface area contributed by atoms with Crippen LogP contribution in [0.5, 0.6) is 0 Å². The Bertz CT molecular complexity index is 343. The van der Waals surface area contributed by atoms with Crippen molar-refractivity contribution in [1.82, 2.24) is 10.2 Å². The highest BCUT2D eigenvalue weighted by Gasteiger charge is 2.39. The second-order valence-corrected chi connectivity index (χ2v) is 7.11. The van der Waals surface area contributed by atoms with Crippen LogP contribution in [0.1, 0.15) is 59.3 Å².